The summed E-state index contributed by atoms with van der Waals surface area (Å²) < 4.78 is 15.8. The first-order chi connectivity index (χ1) is 14.4. The summed E-state index contributed by atoms with van der Waals surface area (Å²) in [6.07, 6.45) is 7.89. The Bertz CT molecular complexity index is 606. The van der Waals surface area contributed by atoms with Crippen LogP contribution >= 0.6 is 0 Å². The van der Waals surface area contributed by atoms with E-state index in [1.54, 1.807) is 6.92 Å². The molecular formula is C20H36BN5O4. The van der Waals surface area contributed by atoms with Crippen molar-refractivity contribution in [3.05, 3.63) is 0 Å². The molecule has 0 saturated heterocycles. The van der Waals surface area contributed by atoms with Crippen molar-refractivity contribution in [1.29, 1.82) is 0 Å². The molecule has 3 atom stereocenters. The van der Waals surface area contributed by atoms with E-state index in [-0.39, 0.29) is 42.3 Å². The van der Waals surface area contributed by atoms with Gasteiger partial charge in [-0.1, -0.05) is 6.42 Å². The van der Waals surface area contributed by atoms with E-state index >= 15 is 0 Å². The number of hydrogen-bond acceptors (Lipinski definition) is 6. The molecule has 10 heteroatoms. The van der Waals surface area contributed by atoms with Crippen LogP contribution in [0, 0.1) is 11.8 Å². The SMILES string of the molecule is CCOC(=O)C(CC1CCC(NC(=O)C2CCCC(N=C(N)N)C2)CC1)NCB=O. The molecule has 2 aliphatic carbocycles. The molecule has 2 rings (SSSR count). The van der Waals surface area contributed by atoms with Gasteiger partial charge in [-0.05, 0) is 6.42 Å². The summed E-state index contributed by atoms with van der Waals surface area (Å²) in [5.74, 6) is 0.217. The zero-order valence-corrected chi connectivity index (χ0v) is 18.0. The molecule has 2 fully saturated rings. The summed E-state index contributed by atoms with van der Waals surface area (Å²) in [6.45, 7) is 2.09. The number of guanidine groups is 1. The number of amides is 1. The van der Waals surface area contributed by atoms with Crippen LogP contribution in [-0.4, -0.2) is 56.2 Å². The molecule has 0 heterocycles. The average Bonchev–Trinajstić information content (AvgIpc) is 2.72. The standard InChI is InChI=1S/C20H36BN5O4/c1-2-30-19(28)17(24-12-21-29)10-13-6-8-15(9-7-13)25-18(27)14-4-3-5-16(11-14)26-20(22)23/h13-17,24H,2-12H2,1H3,(H,25,27)(H4,22,23,26). The zero-order chi connectivity index (χ0) is 21.9. The van der Waals surface area contributed by atoms with Crippen LogP contribution in [0.5, 0.6) is 0 Å². The van der Waals surface area contributed by atoms with Crippen molar-refractivity contribution < 1.29 is 19.0 Å². The van der Waals surface area contributed by atoms with E-state index in [4.69, 9.17) is 16.2 Å². The Morgan fingerprint density at radius 2 is 1.90 bits per heavy atom. The van der Waals surface area contributed by atoms with E-state index < -0.39 is 6.04 Å². The van der Waals surface area contributed by atoms with Crippen LogP contribution in [0.1, 0.15) is 64.7 Å². The van der Waals surface area contributed by atoms with E-state index in [0.29, 0.717) is 25.4 Å². The topological polar surface area (TPSA) is 149 Å². The molecule has 168 valence electrons. The first kappa shape index (κ1) is 24.3. The van der Waals surface area contributed by atoms with Crippen molar-refractivity contribution >= 4 is 25.0 Å². The van der Waals surface area contributed by atoms with Gasteiger partial charge in [0.05, 0.1) is 6.04 Å². The minimum atomic E-state index is -0.457. The molecule has 6 N–H and O–H groups in total. The van der Waals surface area contributed by atoms with Crippen molar-refractivity contribution in [2.24, 2.45) is 28.3 Å². The Hall–Kier alpha value is -1.97. The van der Waals surface area contributed by atoms with Crippen LogP contribution in [0.3, 0.4) is 0 Å². The molecule has 0 spiro atoms. The second kappa shape index (κ2) is 12.7. The van der Waals surface area contributed by atoms with Gasteiger partial charge in [-0.2, -0.15) is 0 Å². The third kappa shape index (κ3) is 8.05. The summed E-state index contributed by atoms with van der Waals surface area (Å²) in [4.78, 5) is 29.1. The van der Waals surface area contributed by atoms with Gasteiger partial charge in [0.25, 0.3) is 0 Å². The molecule has 2 aliphatic rings. The van der Waals surface area contributed by atoms with Gasteiger partial charge in [-0.3, -0.25) is 4.99 Å². The van der Waals surface area contributed by atoms with Crippen LogP contribution in [0.4, 0.5) is 0 Å². The second-order valence-corrected chi connectivity index (χ2v) is 8.41. The quantitative estimate of drug-likeness (QED) is 0.173. The Balaban J connectivity index is 1.77. The van der Waals surface area contributed by atoms with Crippen molar-refractivity contribution in [2.75, 3.05) is 13.1 Å². The minimum absolute atomic E-state index is 0.0360. The van der Waals surface area contributed by atoms with Crippen LogP contribution in [0.15, 0.2) is 4.99 Å². The van der Waals surface area contributed by atoms with Gasteiger partial charge in [0.1, 0.15) is 0 Å². The molecule has 9 nitrogen and oxygen atoms in total. The van der Waals surface area contributed by atoms with E-state index in [2.05, 4.69) is 15.6 Å². The van der Waals surface area contributed by atoms with Crippen LogP contribution in [0.2, 0.25) is 0 Å². The van der Waals surface area contributed by atoms with Crippen molar-refractivity contribution in [1.82, 2.24) is 10.6 Å². The molecule has 3 unspecified atom stereocenters. The van der Waals surface area contributed by atoms with E-state index in [9.17, 15) is 14.3 Å². The van der Waals surface area contributed by atoms with E-state index in [1.165, 1.54) is 0 Å². The summed E-state index contributed by atoms with van der Waals surface area (Å²) >= 11 is 0. The molecule has 2 saturated carbocycles. The monoisotopic (exact) mass is 421 g/mol. The maximum absolute atomic E-state index is 12.7. The molecule has 0 aromatic carbocycles. The summed E-state index contributed by atoms with van der Waals surface area (Å²) in [5, 5.41) is 6.17. The first-order valence-corrected chi connectivity index (χ1v) is 11.2. The maximum atomic E-state index is 12.7. The van der Waals surface area contributed by atoms with E-state index in [1.807, 2.05) is 0 Å². The van der Waals surface area contributed by atoms with E-state index in [0.717, 1.165) is 52.1 Å². The Labute approximate surface area is 179 Å². The molecular weight excluding hydrogens is 385 g/mol. The summed E-state index contributed by atoms with van der Waals surface area (Å²) in [6, 6.07) is -0.254. The predicted octanol–water partition coefficient (Wildman–Crippen LogP) is 0.412. The van der Waals surface area contributed by atoms with Gasteiger partial charge in [0.15, 0.2) is 5.96 Å². The fraction of sp³-hybridized carbons (Fsp3) is 0.850. The zero-order valence-electron chi connectivity index (χ0n) is 18.0. The second-order valence-electron chi connectivity index (χ2n) is 8.41. The Morgan fingerprint density at radius 1 is 1.17 bits per heavy atom. The fourth-order valence-corrected chi connectivity index (χ4v) is 4.62. The molecule has 0 radical (unpaired) electrons. The number of rotatable bonds is 10. The number of ether oxygens (including phenoxy) is 1. The van der Waals surface area contributed by atoms with Crippen molar-refractivity contribution in [2.45, 2.75) is 82.8 Å². The molecule has 0 aromatic heterocycles. The average molecular weight is 421 g/mol. The number of nitrogens with two attached hydrogens (primary N) is 2. The van der Waals surface area contributed by atoms with Gasteiger partial charge in [0, 0.05) is 0 Å². The third-order valence-electron chi connectivity index (χ3n) is 6.13. The molecule has 1 amide bonds. The first-order valence-electron chi connectivity index (χ1n) is 11.2. The van der Waals surface area contributed by atoms with Gasteiger partial charge in [-0.15, -0.1) is 0 Å². The van der Waals surface area contributed by atoms with Gasteiger partial charge < -0.3 is 11.5 Å². The number of aliphatic imine (C=N–C) groups is 1. The third-order valence-corrected chi connectivity index (χ3v) is 6.13. The van der Waals surface area contributed by atoms with Crippen LogP contribution < -0.4 is 22.1 Å². The normalized spacial score (nSPS) is 27.4. The van der Waals surface area contributed by atoms with Gasteiger partial charge in [-0.25, -0.2) is 0 Å². The van der Waals surface area contributed by atoms with Crippen LogP contribution in [0.25, 0.3) is 0 Å². The fourth-order valence-electron chi connectivity index (χ4n) is 4.62. The Kier molecular flexibility index (Phi) is 10.3. The molecule has 0 aromatic rings. The number of carbonyl (C=O) groups is 2. The molecule has 0 bridgehead atoms. The van der Waals surface area contributed by atoms with Crippen molar-refractivity contribution in [3.8, 4) is 0 Å². The Morgan fingerprint density at radius 3 is 2.53 bits per heavy atom. The summed E-state index contributed by atoms with van der Waals surface area (Å²) in [5.41, 5.74) is 11.0. The number of carbonyl (C=O) groups excluding carboxylic acids is 2. The number of nitrogens with one attached hydrogen (secondary N) is 2. The van der Waals surface area contributed by atoms with Gasteiger partial charge in [0.2, 0.25) is 0 Å². The number of nitrogens with zero attached hydrogens (tertiary/aromatic N) is 1. The number of hydrogen-bond donors (Lipinski definition) is 4. The van der Waals surface area contributed by atoms with Gasteiger partial charge >= 0.3 is 138 Å². The molecule has 30 heavy (non-hydrogen) atoms. The van der Waals surface area contributed by atoms with Crippen molar-refractivity contribution in [3.63, 3.8) is 0 Å². The number of esters is 1. The van der Waals surface area contributed by atoms with Crippen LogP contribution in [-0.2, 0) is 19.0 Å². The predicted molar refractivity (Wildman–Crippen MR) is 115 cm³/mol. The summed E-state index contributed by atoms with van der Waals surface area (Å²) in [7, 11) is 0.752. The molecule has 0 aliphatic heterocycles.